The van der Waals surface area contributed by atoms with Crippen molar-refractivity contribution in [1.29, 1.82) is 0 Å². The van der Waals surface area contributed by atoms with Gasteiger partial charge in [-0.05, 0) is 63.8 Å². The molecule has 2 unspecified atom stereocenters. The molecule has 8 nitrogen and oxygen atoms in total. The van der Waals surface area contributed by atoms with E-state index in [2.05, 4.69) is 24.5 Å². The largest absolute Gasteiger partial charge is 0.508 e. The first-order chi connectivity index (χ1) is 20.9. The van der Waals surface area contributed by atoms with E-state index in [1.807, 2.05) is 31.2 Å². The van der Waals surface area contributed by atoms with Crippen molar-refractivity contribution in [2.24, 2.45) is 0 Å². The number of hydrogen-bond donors (Lipinski definition) is 3. The summed E-state index contributed by atoms with van der Waals surface area (Å²) in [6.45, 7) is 12.5. The lowest BCUT2D eigenvalue weighted by Gasteiger charge is -2.35. The first kappa shape index (κ1) is 36.6. The molecule has 0 saturated heterocycles. The highest BCUT2D eigenvalue weighted by molar-refractivity contribution is 5.92. The fourth-order valence-electron chi connectivity index (χ4n) is 5.05. The van der Waals surface area contributed by atoms with E-state index in [0.717, 1.165) is 68.1 Å². The number of phenols is 1. The van der Waals surface area contributed by atoms with Crippen LogP contribution in [0.2, 0.25) is 0 Å². The average molecular weight is 610 g/mol. The molecule has 3 N–H and O–H groups in total. The SMILES string of the molecule is CCCCCCCCN(C(=O)C(Cc1ccc(O)cc1)NC(=O)OC(C)(C)C)C(C(=O)NCCCCC)c1ccc(C)cc1. The van der Waals surface area contributed by atoms with Gasteiger partial charge in [0.25, 0.3) is 0 Å². The number of unbranched alkanes of at least 4 members (excludes halogenated alkanes) is 7. The van der Waals surface area contributed by atoms with Crippen molar-refractivity contribution in [2.45, 2.75) is 123 Å². The zero-order valence-corrected chi connectivity index (χ0v) is 27.8. The number of carbonyl (C=O) groups is 3. The number of nitrogens with one attached hydrogen (secondary N) is 2. The van der Waals surface area contributed by atoms with Crippen LogP contribution >= 0.6 is 0 Å². The number of carbonyl (C=O) groups excluding carboxylic acids is 3. The standard InChI is InChI=1S/C36H55N3O5/c1-7-9-11-12-13-15-25-39(32(29-20-16-27(3)17-21-29)33(41)37-24-14-10-8-2)34(42)31(38-35(43)44-36(4,5)6)26-28-18-22-30(40)23-19-28/h16-23,31-32,40H,7-15,24-26H2,1-6H3,(H,37,41)(H,38,43). The Labute approximate surface area is 264 Å². The second-order valence-electron chi connectivity index (χ2n) is 12.7. The summed E-state index contributed by atoms with van der Waals surface area (Å²) < 4.78 is 5.53. The molecule has 3 amide bonds. The molecule has 0 aliphatic carbocycles. The van der Waals surface area contributed by atoms with Crippen LogP contribution < -0.4 is 10.6 Å². The first-order valence-electron chi connectivity index (χ1n) is 16.4. The van der Waals surface area contributed by atoms with E-state index in [9.17, 15) is 19.5 Å². The molecule has 0 radical (unpaired) electrons. The molecular weight excluding hydrogens is 554 g/mol. The van der Waals surface area contributed by atoms with E-state index in [1.165, 1.54) is 6.42 Å². The Balaban J connectivity index is 2.49. The number of hydrogen-bond acceptors (Lipinski definition) is 5. The van der Waals surface area contributed by atoms with Crippen LogP contribution in [0.4, 0.5) is 4.79 Å². The van der Waals surface area contributed by atoms with Crippen molar-refractivity contribution in [2.75, 3.05) is 13.1 Å². The summed E-state index contributed by atoms with van der Waals surface area (Å²) >= 11 is 0. The Morgan fingerprint density at radius 3 is 2.05 bits per heavy atom. The van der Waals surface area contributed by atoms with E-state index in [0.29, 0.717) is 13.1 Å². The Morgan fingerprint density at radius 1 is 0.841 bits per heavy atom. The number of alkyl carbamates (subject to hydrolysis) is 1. The van der Waals surface area contributed by atoms with Gasteiger partial charge >= 0.3 is 6.09 Å². The summed E-state index contributed by atoms with van der Waals surface area (Å²) in [5.41, 5.74) is 1.79. The van der Waals surface area contributed by atoms with Gasteiger partial charge in [-0.3, -0.25) is 9.59 Å². The second kappa shape index (κ2) is 19.0. The quantitative estimate of drug-likeness (QED) is 0.153. The molecule has 2 atom stereocenters. The Hall–Kier alpha value is -3.55. The topological polar surface area (TPSA) is 108 Å². The lowest BCUT2D eigenvalue weighted by atomic mass is 9.98. The molecule has 2 aromatic rings. The van der Waals surface area contributed by atoms with Gasteiger partial charge in [0.2, 0.25) is 11.8 Å². The van der Waals surface area contributed by atoms with Gasteiger partial charge in [-0.15, -0.1) is 0 Å². The van der Waals surface area contributed by atoms with Crippen LogP contribution in [0, 0.1) is 6.92 Å². The van der Waals surface area contributed by atoms with E-state index < -0.39 is 23.8 Å². The minimum atomic E-state index is -0.990. The minimum Gasteiger partial charge on any atom is -0.508 e. The van der Waals surface area contributed by atoms with E-state index >= 15 is 0 Å². The summed E-state index contributed by atoms with van der Waals surface area (Å²) in [5, 5.41) is 15.7. The summed E-state index contributed by atoms with van der Waals surface area (Å²) in [6, 6.07) is 12.4. The van der Waals surface area contributed by atoms with Crippen molar-refractivity contribution < 1.29 is 24.2 Å². The summed E-state index contributed by atoms with van der Waals surface area (Å²) in [5.74, 6) is -0.475. The van der Waals surface area contributed by atoms with Crippen LogP contribution in [0.15, 0.2) is 48.5 Å². The van der Waals surface area contributed by atoms with Crippen LogP contribution in [-0.2, 0) is 20.7 Å². The summed E-state index contributed by atoms with van der Waals surface area (Å²) in [6.07, 6.45) is 8.54. The maximum absolute atomic E-state index is 14.6. The predicted molar refractivity (Wildman–Crippen MR) is 177 cm³/mol. The third kappa shape index (κ3) is 13.4. The van der Waals surface area contributed by atoms with Gasteiger partial charge in [0, 0.05) is 19.5 Å². The van der Waals surface area contributed by atoms with E-state index in [4.69, 9.17) is 4.74 Å². The third-order valence-electron chi connectivity index (χ3n) is 7.43. The van der Waals surface area contributed by atoms with Gasteiger partial charge in [-0.2, -0.15) is 0 Å². The van der Waals surface area contributed by atoms with Crippen molar-refractivity contribution >= 4 is 17.9 Å². The molecule has 0 spiro atoms. The number of aryl methyl sites for hydroxylation is 1. The number of phenolic OH excluding ortho intramolecular Hbond substituents is 1. The van der Waals surface area contributed by atoms with Crippen molar-refractivity contribution in [3.8, 4) is 5.75 Å². The molecule has 244 valence electrons. The van der Waals surface area contributed by atoms with E-state index in [1.54, 1.807) is 49.9 Å². The summed E-state index contributed by atoms with van der Waals surface area (Å²) in [7, 11) is 0. The molecule has 0 aliphatic rings. The fourth-order valence-corrected chi connectivity index (χ4v) is 5.05. The van der Waals surface area contributed by atoms with Gasteiger partial charge in [0.15, 0.2) is 0 Å². The summed E-state index contributed by atoms with van der Waals surface area (Å²) in [4.78, 5) is 43.1. The molecule has 0 saturated carbocycles. The number of benzene rings is 2. The Kier molecular flexibility index (Phi) is 15.8. The predicted octanol–water partition coefficient (Wildman–Crippen LogP) is 7.37. The number of ether oxygens (including phenoxy) is 1. The van der Waals surface area contributed by atoms with Gasteiger partial charge in [-0.25, -0.2) is 4.79 Å². The molecular formula is C36H55N3O5. The number of rotatable bonds is 18. The van der Waals surface area contributed by atoms with Crippen molar-refractivity contribution in [1.82, 2.24) is 15.5 Å². The molecule has 0 bridgehead atoms. The van der Waals surface area contributed by atoms with Crippen LogP contribution in [0.1, 0.15) is 115 Å². The van der Waals surface area contributed by atoms with Gasteiger partial charge in [-0.1, -0.05) is 101 Å². The molecule has 44 heavy (non-hydrogen) atoms. The fraction of sp³-hybridized carbons (Fsp3) is 0.583. The molecule has 8 heteroatoms. The van der Waals surface area contributed by atoms with Crippen molar-refractivity contribution in [3.63, 3.8) is 0 Å². The van der Waals surface area contributed by atoms with Gasteiger partial charge in [0.05, 0.1) is 0 Å². The Morgan fingerprint density at radius 2 is 1.43 bits per heavy atom. The Bertz CT molecular complexity index is 1140. The normalized spacial score (nSPS) is 12.7. The van der Waals surface area contributed by atoms with Crippen molar-refractivity contribution in [3.05, 3.63) is 65.2 Å². The monoisotopic (exact) mass is 609 g/mol. The zero-order chi connectivity index (χ0) is 32.5. The maximum atomic E-state index is 14.6. The maximum Gasteiger partial charge on any atom is 0.408 e. The smallest absolute Gasteiger partial charge is 0.408 e. The van der Waals surface area contributed by atoms with Gasteiger partial charge < -0.3 is 25.4 Å². The molecule has 0 heterocycles. The molecule has 2 rings (SSSR count). The van der Waals surface area contributed by atoms with Crippen LogP contribution in [-0.4, -0.2) is 52.6 Å². The number of amides is 3. The van der Waals surface area contributed by atoms with Crippen LogP contribution in [0.25, 0.3) is 0 Å². The lowest BCUT2D eigenvalue weighted by molar-refractivity contribution is -0.142. The highest BCUT2D eigenvalue weighted by Gasteiger charge is 2.36. The minimum absolute atomic E-state index is 0.112. The molecule has 2 aromatic carbocycles. The molecule has 0 aliphatic heterocycles. The number of nitrogens with zero attached hydrogens (tertiary/aromatic N) is 1. The van der Waals surface area contributed by atoms with Crippen LogP contribution in [0.5, 0.6) is 5.75 Å². The molecule has 0 fully saturated rings. The first-order valence-corrected chi connectivity index (χ1v) is 16.4. The van der Waals surface area contributed by atoms with Crippen LogP contribution in [0.3, 0.4) is 0 Å². The highest BCUT2D eigenvalue weighted by Crippen LogP contribution is 2.25. The zero-order valence-electron chi connectivity index (χ0n) is 27.8. The second-order valence-corrected chi connectivity index (χ2v) is 12.7. The third-order valence-corrected chi connectivity index (χ3v) is 7.43. The lowest BCUT2D eigenvalue weighted by Crippen LogP contribution is -2.54. The number of aromatic hydroxyl groups is 1. The van der Waals surface area contributed by atoms with Gasteiger partial charge in [0.1, 0.15) is 23.4 Å². The molecule has 0 aromatic heterocycles. The van der Waals surface area contributed by atoms with E-state index in [-0.39, 0.29) is 24.0 Å². The highest BCUT2D eigenvalue weighted by atomic mass is 16.6. The average Bonchev–Trinajstić information content (AvgIpc) is 2.96.